The van der Waals surface area contributed by atoms with E-state index < -0.39 is 0 Å². The SMILES string of the molecule is CCC(C)(C)c1ccc(C(=O)N(C)c2cccc(O)c2)cc1Oc1ccccc1. The van der Waals surface area contributed by atoms with Crippen molar-refractivity contribution in [2.24, 2.45) is 0 Å². The molecule has 3 aromatic carbocycles. The molecule has 0 aromatic heterocycles. The van der Waals surface area contributed by atoms with E-state index in [1.807, 2.05) is 42.5 Å². The van der Waals surface area contributed by atoms with Gasteiger partial charge < -0.3 is 14.7 Å². The van der Waals surface area contributed by atoms with Gasteiger partial charge in [0.2, 0.25) is 0 Å². The van der Waals surface area contributed by atoms with E-state index in [4.69, 9.17) is 4.74 Å². The van der Waals surface area contributed by atoms with E-state index in [0.717, 1.165) is 17.7 Å². The van der Waals surface area contributed by atoms with Gasteiger partial charge in [-0.3, -0.25) is 4.79 Å². The number of phenolic OH excluding ortho intramolecular Hbond substituents is 1. The Morgan fingerprint density at radius 3 is 2.38 bits per heavy atom. The van der Waals surface area contributed by atoms with Gasteiger partial charge in [0.05, 0.1) is 0 Å². The van der Waals surface area contributed by atoms with Crippen LogP contribution < -0.4 is 9.64 Å². The van der Waals surface area contributed by atoms with Crippen LogP contribution in [0.1, 0.15) is 43.1 Å². The molecule has 1 N–H and O–H groups in total. The molecule has 0 spiro atoms. The van der Waals surface area contributed by atoms with Crippen LogP contribution in [0.25, 0.3) is 0 Å². The maximum Gasteiger partial charge on any atom is 0.258 e. The van der Waals surface area contributed by atoms with Gasteiger partial charge in [0.1, 0.15) is 17.2 Å². The monoisotopic (exact) mass is 389 g/mol. The van der Waals surface area contributed by atoms with Gasteiger partial charge in [-0.15, -0.1) is 0 Å². The largest absolute Gasteiger partial charge is 0.508 e. The highest BCUT2D eigenvalue weighted by molar-refractivity contribution is 6.06. The number of hydrogen-bond donors (Lipinski definition) is 1. The van der Waals surface area contributed by atoms with Crippen molar-refractivity contribution in [3.63, 3.8) is 0 Å². The summed E-state index contributed by atoms with van der Waals surface area (Å²) in [6.45, 7) is 6.47. The first-order valence-corrected chi connectivity index (χ1v) is 9.76. The average molecular weight is 389 g/mol. The molecule has 4 nitrogen and oxygen atoms in total. The summed E-state index contributed by atoms with van der Waals surface area (Å²) in [4.78, 5) is 14.6. The molecule has 3 aromatic rings. The van der Waals surface area contributed by atoms with Crippen molar-refractivity contribution < 1.29 is 14.6 Å². The fourth-order valence-electron chi connectivity index (χ4n) is 3.12. The molecule has 0 saturated carbocycles. The van der Waals surface area contributed by atoms with Crippen molar-refractivity contribution in [3.8, 4) is 17.2 Å². The summed E-state index contributed by atoms with van der Waals surface area (Å²) in [7, 11) is 1.69. The third-order valence-electron chi connectivity index (χ3n) is 5.33. The van der Waals surface area contributed by atoms with Crippen molar-refractivity contribution in [2.75, 3.05) is 11.9 Å². The van der Waals surface area contributed by atoms with Gasteiger partial charge in [0.15, 0.2) is 0 Å². The first-order valence-electron chi connectivity index (χ1n) is 9.76. The van der Waals surface area contributed by atoms with Crippen molar-refractivity contribution in [2.45, 2.75) is 32.6 Å². The second-order valence-corrected chi connectivity index (χ2v) is 7.75. The quantitative estimate of drug-likeness (QED) is 0.550. The predicted molar refractivity (Wildman–Crippen MR) is 117 cm³/mol. The molecule has 0 aliphatic carbocycles. The predicted octanol–water partition coefficient (Wildman–Crippen LogP) is 6.15. The molecular weight excluding hydrogens is 362 g/mol. The summed E-state index contributed by atoms with van der Waals surface area (Å²) in [6.07, 6.45) is 0.939. The number of carbonyl (C=O) groups is 1. The van der Waals surface area contributed by atoms with E-state index in [9.17, 15) is 9.90 Å². The van der Waals surface area contributed by atoms with Gasteiger partial charge in [0.25, 0.3) is 5.91 Å². The van der Waals surface area contributed by atoms with Gasteiger partial charge in [-0.25, -0.2) is 0 Å². The maximum atomic E-state index is 13.1. The lowest BCUT2D eigenvalue weighted by Gasteiger charge is -2.27. The number of hydrogen-bond acceptors (Lipinski definition) is 3. The van der Waals surface area contributed by atoms with Crippen LogP contribution in [0.15, 0.2) is 72.8 Å². The van der Waals surface area contributed by atoms with Gasteiger partial charge >= 0.3 is 0 Å². The molecule has 0 atom stereocenters. The van der Waals surface area contributed by atoms with Crippen molar-refractivity contribution in [3.05, 3.63) is 83.9 Å². The summed E-state index contributed by atoms with van der Waals surface area (Å²) in [6, 6.07) is 21.8. The Morgan fingerprint density at radius 2 is 1.72 bits per heavy atom. The number of amides is 1. The number of rotatable bonds is 6. The van der Waals surface area contributed by atoms with E-state index >= 15 is 0 Å². The smallest absolute Gasteiger partial charge is 0.258 e. The molecule has 3 rings (SSSR count). The molecule has 0 aliphatic heterocycles. The fraction of sp³-hybridized carbons (Fsp3) is 0.240. The third-order valence-corrected chi connectivity index (χ3v) is 5.33. The van der Waals surface area contributed by atoms with Crippen molar-refractivity contribution in [1.82, 2.24) is 0 Å². The van der Waals surface area contributed by atoms with Crippen LogP contribution in [0.5, 0.6) is 17.2 Å². The average Bonchev–Trinajstić information content (AvgIpc) is 2.73. The highest BCUT2D eigenvalue weighted by Gasteiger charge is 2.25. The highest BCUT2D eigenvalue weighted by atomic mass is 16.5. The molecule has 0 saturated heterocycles. The lowest BCUT2D eigenvalue weighted by Crippen LogP contribution is -2.26. The minimum atomic E-state index is -0.172. The zero-order chi connectivity index (χ0) is 21.0. The van der Waals surface area contributed by atoms with Crippen LogP contribution in [0.3, 0.4) is 0 Å². The molecule has 0 aliphatic rings. The molecule has 0 radical (unpaired) electrons. The summed E-state index contributed by atoms with van der Waals surface area (Å²) < 4.78 is 6.18. The molecule has 29 heavy (non-hydrogen) atoms. The van der Waals surface area contributed by atoms with E-state index in [1.165, 1.54) is 4.90 Å². The Morgan fingerprint density at radius 1 is 1.00 bits per heavy atom. The van der Waals surface area contributed by atoms with Crippen molar-refractivity contribution >= 4 is 11.6 Å². The zero-order valence-corrected chi connectivity index (χ0v) is 17.3. The first kappa shape index (κ1) is 20.5. The molecule has 4 heteroatoms. The van der Waals surface area contributed by atoms with Gasteiger partial charge in [-0.1, -0.05) is 51.1 Å². The number of phenols is 1. The topological polar surface area (TPSA) is 49.8 Å². The van der Waals surface area contributed by atoms with E-state index in [1.54, 1.807) is 37.4 Å². The molecule has 0 unspecified atom stereocenters. The Bertz CT molecular complexity index is 996. The van der Waals surface area contributed by atoms with Crippen LogP contribution >= 0.6 is 0 Å². The van der Waals surface area contributed by atoms with Crippen LogP contribution in [0.2, 0.25) is 0 Å². The second-order valence-electron chi connectivity index (χ2n) is 7.75. The normalized spacial score (nSPS) is 11.2. The minimum Gasteiger partial charge on any atom is -0.508 e. The Balaban J connectivity index is 1.99. The summed E-state index contributed by atoms with van der Waals surface area (Å²) >= 11 is 0. The molecule has 150 valence electrons. The van der Waals surface area contributed by atoms with Gasteiger partial charge in [-0.05, 0) is 48.2 Å². The standard InChI is InChI=1S/C25H27NO3/c1-5-25(2,3)22-15-14-18(16-23(22)29-21-12-7-6-8-13-21)24(28)26(4)19-10-9-11-20(27)17-19/h6-17,27H,5H2,1-4H3. The van der Waals surface area contributed by atoms with Crippen LogP contribution in [-0.4, -0.2) is 18.1 Å². The number of aromatic hydroxyl groups is 1. The summed E-state index contributed by atoms with van der Waals surface area (Å²) in [5.74, 6) is 1.36. The number of benzene rings is 3. The lowest BCUT2D eigenvalue weighted by molar-refractivity contribution is 0.0992. The Kier molecular flexibility index (Phi) is 5.92. The van der Waals surface area contributed by atoms with Crippen LogP contribution in [0, 0.1) is 0 Å². The molecular formula is C25H27NO3. The molecule has 1 amide bonds. The summed E-state index contributed by atoms with van der Waals surface area (Å²) in [5, 5.41) is 9.72. The molecule has 0 fully saturated rings. The molecule has 0 bridgehead atoms. The van der Waals surface area contributed by atoms with E-state index in [2.05, 4.69) is 20.8 Å². The lowest BCUT2D eigenvalue weighted by atomic mass is 9.81. The molecule has 0 heterocycles. The zero-order valence-electron chi connectivity index (χ0n) is 17.3. The maximum absolute atomic E-state index is 13.1. The number of nitrogens with zero attached hydrogens (tertiary/aromatic N) is 1. The Labute approximate surface area is 172 Å². The number of anilines is 1. The van der Waals surface area contributed by atoms with Crippen LogP contribution in [-0.2, 0) is 5.41 Å². The van der Waals surface area contributed by atoms with Crippen LogP contribution in [0.4, 0.5) is 5.69 Å². The highest BCUT2D eigenvalue weighted by Crippen LogP contribution is 2.37. The number of ether oxygens (including phenoxy) is 1. The third kappa shape index (κ3) is 4.60. The second kappa shape index (κ2) is 8.39. The number of para-hydroxylation sites is 1. The van der Waals surface area contributed by atoms with Crippen molar-refractivity contribution in [1.29, 1.82) is 0 Å². The van der Waals surface area contributed by atoms with Gasteiger partial charge in [0, 0.05) is 29.9 Å². The minimum absolute atomic E-state index is 0.0944. The Hall–Kier alpha value is -3.27. The van der Waals surface area contributed by atoms with E-state index in [0.29, 0.717) is 17.0 Å². The van der Waals surface area contributed by atoms with Gasteiger partial charge in [-0.2, -0.15) is 0 Å². The fourth-order valence-corrected chi connectivity index (χ4v) is 3.12. The van der Waals surface area contributed by atoms with E-state index in [-0.39, 0.29) is 17.1 Å². The summed E-state index contributed by atoms with van der Waals surface area (Å²) in [5.41, 5.74) is 2.11. The first-order chi connectivity index (χ1) is 13.8. The number of carbonyl (C=O) groups excluding carboxylic acids is 1.